The normalized spacial score (nSPS) is 15.8. The van der Waals surface area contributed by atoms with Gasteiger partial charge in [0.05, 0.1) is 42.2 Å². The SMILES string of the molecule is COCCNC(=O)Nc1ccc(-c2nc(CS(=O)(=O)c3ccccc3)cc(N3CCOC[C@H]3C)n2)cc1. The molecule has 11 heteroatoms. The highest BCUT2D eigenvalue weighted by molar-refractivity contribution is 7.90. The molecule has 3 aromatic rings. The number of carbonyl (C=O) groups is 1. The van der Waals surface area contributed by atoms with E-state index < -0.39 is 9.84 Å². The van der Waals surface area contributed by atoms with E-state index in [2.05, 4.69) is 20.5 Å². The van der Waals surface area contributed by atoms with Crippen LogP contribution in [0.15, 0.2) is 65.6 Å². The second-order valence-corrected chi connectivity index (χ2v) is 10.7. The molecule has 2 amide bonds. The Morgan fingerprint density at radius 2 is 1.89 bits per heavy atom. The molecule has 1 fully saturated rings. The second-order valence-electron chi connectivity index (χ2n) is 8.68. The maximum absolute atomic E-state index is 13.1. The van der Waals surface area contributed by atoms with Crippen LogP contribution in [0.5, 0.6) is 0 Å². The number of carbonyl (C=O) groups excluding carboxylic acids is 1. The predicted octanol–water partition coefficient (Wildman–Crippen LogP) is 3.11. The van der Waals surface area contributed by atoms with E-state index in [1.165, 1.54) is 0 Å². The van der Waals surface area contributed by atoms with Crippen molar-refractivity contribution in [2.24, 2.45) is 0 Å². The number of sulfone groups is 1. The van der Waals surface area contributed by atoms with E-state index >= 15 is 0 Å². The maximum atomic E-state index is 13.1. The summed E-state index contributed by atoms with van der Waals surface area (Å²) in [4.78, 5) is 23.7. The van der Waals surface area contributed by atoms with E-state index in [9.17, 15) is 13.2 Å². The second kappa shape index (κ2) is 12.1. The van der Waals surface area contributed by atoms with Gasteiger partial charge in [-0.3, -0.25) is 0 Å². The van der Waals surface area contributed by atoms with E-state index in [1.807, 2.05) is 6.92 Å². The Labute approximate surface area is 217 Å². The molecule has 37 heavy (non-hydrogen) atoms. The molecule has 1 atom stereocenters. The number of ether oxygens (including phenoxy) is 2. The number of urea groups is 1. The summed E-state index contributed by atoms with van der Waals surface area (Å²) in [5, 5.41) is 5.46. The van der Waals surface area contributed by atoms with Gasteiger partial charge >= 0.3 is 6.03 Å². The average Bonchev–Trinajstić information content (AvgIpc) is 2.89. The smallest absolute Gasteiger partial charge is 0.319 e. The van der Waals surface area contributed by atoms with Crippen LogP contribution in [-0.4, -0.2) is 70.5 Å². The lowest BCUT2D eigenvalue weighted by molar-refractivity contribution is 0.0985. The van der Waals surface area contributed by atoms with Crippen LogP contribution in [0.2, 0.25) is 0 Å². The summed E-state index contributed by atoms with van der Waals surface area (Å²) in [7, 11) is -2.03. The minimum atomic E-state index is -3.60. The number of benzene rings is 2. The molecule has 4 rings (SSSR count). The van der Waals surface area contributed by atoms with Crippen LogP contribution in [0.3, 0.4) is 0 Å². The van der Waals surface area contributed by atoms with Gasteiger partial charge in [0, 0.05) is 37.5 Å². The molecular formula is C26H31N5O5S. The fourth-order valence-corrected chi connectivity index (χ4v) is 5.23. The van der Waals surface area contributed by atoms with Gasteiger partial charge in [-0.2, -0.15) is 0 Å². The monoisotopic (exact) mass is 525 g/mol. The zero-order chi connectivity index (χ0) is 26.3. The van der Waals surface area contributed by atoms with Crippen molar-refractivity contribution in [3.63, 3.8) is 0 Å². The van der Waals surface area contributed by atoms with Gasteiger partial charge in [0.25, 0.3) is 0 Å². The predicted molar refractivity (Wildman–Crippen MR) is 141 cm³/mol. The van der Waals surface area contributed by atoms with Gasteiger partial charge in [-0.15, -0.1) is 0 Å². The van der Waals surface area contributed by atoms with Crippen LogP contribution >= 0.6 is 0 Å². The van der Waals surface area contributed by atoms with Gasteiger partial charge in [0.15, 0.2) is 15.7 Å². The van der Waals surface area contributed by atoms with E-state index in [4.69, 9.17) is 14.5 Å². The van der Waals surface area contributed by atoms with Crippen molar-refractivity contribution < 1.29 is 22.7 Å². The first kappa shape index (κ1) is 26.5. The molecule has 196 valence electrons. The maximum Gasteiger partial charge on any atom is 0.319 e. The van der Waals surface area contributed by atoms with Crippen LogP contribution in [0.25, 0.3) is 11.4 Å². The van der Waals surface area contributed by atoms with E-state index in [-0.39, 0.29) is 22.7 Å². The summed E-state index contributed by atoms with van der Waals surface area (Å²) in [6.45, 7) is 4.63. The van der Waals surface area contributed by atoms with Crippen LogP contribution in [-0.2, 0) is 25.1 Å². The van der Waals surface area contributed by atoms with Crippen molar-refractivity contribution in [2.45, 2.75) is 23.6 Å². The molecule has 1 aliphatic heterocycles. The summed E-state index contributed by atoms with van der Waals surface area (Å²) < 4.78 is 36.7. The average molecular weight is 526 g/mol. The van der Waals surface area contributed by atoms with Gasteiger partial charge < -0.3 is 25.0 Å². The van der Waals surface area contributed by atoms with E-state index in [1.54, 1.807) is 67.8 Å². The molecule has 10 nitrogen and oxygen atoms in total. The highest BCUT2D eigenvalue weighted by Crippen LogP contribution is 2.26. The molecule has 0 unspecified atom stereocenters. The lowest BCUT2D eigenvalue weighted by Crippen LogP contribution is -2.44. The van der Waals surface area contributed by atoms with Crippen molar-refractivity contribution in [1.82, 2.24) is 15.3 Å². The van der Waals surface area contributed by atoms with Crippen LogP contribution in [0, 0.1) is 0 Å². The van der Waals surface area contributed by atoms with Crippen molar-refractivity contribution in [1.29, 1.82) is 0 Å². The quantitative estimate of drug-likeness (QED) is 0.409. The van der Waals surface area contributed by atoms with E-state index in [0.717, 1.165) is 0 Å². The zero-order valence-corrected chi connectivity index (χ0v) is 21.7. The van der Waals surface area contributed by atoms with Crippen LogP contribution < -0.4 is 15.5 Å². The lowest BCUT2D eigenvalue weighted by Gasteiger charge is -2.34. The van der Waals surface area contributed by atoms with Crippen molar-refractivity contribution in [3.05, 3.63) is 66.4 Å². The summed E-state index contributed by atoms with van der Waals surface area (Å²) in [5.41, 5.74) is 1.71. The standard InChI is InChI=1S/C26H31N5O5S/c1-19-17-36-15-13-31(19)24-16-22(18-37(33,34)23-6-4-3-5-7-23)28-25(30-24)20-8-10-21(11-9-20)29-26(32)27-12-14-35-2/h3-11,16,19H,12-15,17-18H2,1-2H3,(H2,27,29,32)/t19-/m1/s1. The number of morpholine rings is 1. The number of amides is 2. The molecule has 2 aromatic carbocycles. The Balaban J connectivity index is 1.62. The lowest BCUT2D eigenvalue weighted by atomic mass is 10.2. The number of nitrogens with one attached hydrogen (secondary N) is 2. The topological polar surface area (TPSA) is 123 Å². The molecule has 0 aliphatic carbocycles. The Morgan fingerprint density at radius 3 is 2.59 bits per heavy atom. The number of hydrogen-bond donors (Lipinski definition) is 2. The highest BCUT2D eigenvalue weighted by atomic mass is 32.2. The number of hydrogen-bond acceptors (Lipinski definition) is 8. The van der Waals surface area contributed by atoms with Gasteiger partial charge in [-0.1, -0.05) is 18.2 Å². The molecular weight excluding hydrogens is 494 g/mol. The Bertz CT molecular complexity index is 1300. The number of methoxy groups -OCH3 is 1. The third kappa shape index (κ3) is 7.03. The first-order valence-corrected chi connectivity index (χ1v) is 13.7. The summed E-state index contributed by atoms with van der Waals surface area (Å²) >= 11 is 0. The largest absolute Gasteiger partial charge is 0.383 e. The zero-order valence-electron chi connectivity index (χ0n) is 20.9. The first-order valence-electron chi connectivity index (χ1n) is 12.0. The van der Waals surface area contributed by atoms with Gasteiger partial charge in [-0.25, -0.2) is 23.2 Å². The molecule has 0 bridgehead atoms. The number of nitrogens with zero attached hydrogens (tertiary/aromatic N) is 3. The molecule has 2 heterocycles. The third-order valence-electron chi connectivity index (χ3n) is 5.86. The van der Waals surface area contributed by atoms with Crippen molar-refractivity contribution >= 4 is 27.4 Å². The number of aromatic nitrogens is 2. The molecule has 0 spiro atoms. The highest BCUT2D eigenvalue weighted by Gasteiger charge is 2.24. The fourth-order valence-electron chi connectivity index (χ4n) is 3.95. The fraction of sp³-hybridized carbons (Fsp3) is 0.346. The molecule has 0 saturated carbocycles. The number of anilines is 2. The van der Waals surface area contributed by atoms with Crippen molar-refractivity contribution in [2.75, 3.05) is 50.2 Å². The molecule has 1 aliphatic rings. The summed E-state index contributed by atoms with van der Waals surface area (Å²) in [6, 6.07) is 16.9. The molecule has 1 saturated heterocycles. The van der Waals surface area contributed by atoms with Crippen LogP contribution in [0.1, 0.15) is 12.6 Å². The summed E-state index contributed by atoms with van der Waals surface area (Å²) in [6.07, 6.45) is 0. The Hall–Kier alpha value is -3.54. The molecule has 2 N–H and O–H groups in total. The Kier molecular flexibility index (Phi) is 8.70. The van der Waals surface area contributed by atoms with Gasteiger partial charge in [0.1, 0.15) is 5.82 Å². The van der Waals surface area contributed by atoms with E-state index in [0.29, 0.717) is 61.5 Å². The van der Waals surface area contributed by atoms with Gasteiger partial charge in [-0.05, 0) is 43.3 Å². The summed E-state index contributed by atoms with van der Waals surface area (Å²) in [5.74, 6) is 0.809. The molecule has 1 aromatic heterocycles. The minimum absolute atomic E-state index is 0.0817. The van der Waals surface area contributed by atoms with Gasteiger partial charge in [0.2, 0.25) is 0 Å². The Morgan fingerprint density at radius 1 is 1.14 bits per heavy atom. The number of rotatable bonds is 9. The minimum Gasteiger partial charge on any atom is -0.383 e. The first-order chi connectivity index (χ1) is 17.9. The van der Waals surface area contributed by atoms with Crippen LogP contribution in [0.4, 0.5) is 16.3 Å². The van der Waals surface area contributed by atoms with Crippen molar-refractivity contribution in [3.8, 4) is 11.4 Å². The third-order valence-corrected chi connectivity index (χ3v) is 7.53. The molecule has 0 radical (unpaired) electrons.